The second kappa shape index (κ2) is 8.61. The lowest BCUT2D eigenvalue weighted by molar-refractivity contribution is 0.0527. The van der Waals surface area contributed by atoms with Crippen LogP contribution in [0.2, 0.25) is 0 Å². The summed E-state index contributed by atoms with van der Waals surface area (Å²) in [7, 11) is 0. The Bertz CT molecular complexity index is 777. The summed E-state index contributed by atoms with van der Waals surface area (Å²) in [6.07, 6.45) is -0.201. The van der Waals surface area contributed by atoms with Crippen LogP contribution in [0, 0.1) is 11.3 Å². The molecule has 5 nitrogen and oxygen atoms in total. The second-order valence-electron chi connectivity index (χ2n) is 6.55. The van der Waals surface area contributed by atoms with Crippen LogP contribution in [0.25, 0.3) is 0 Å². The first-order valence-corrected chi connectivity index (χ1v) is 8.88. The van der Waals surface area contributed by atoms with Gasteiger partial charge in [-0.25, -0.2) is 0 Å². The average Bonchev–Trinajstić information content (AvgIpc) is 2.69. The number of aliphatic hydroxyl groups is 1. The maximum absolute atomic E-state index is 12.7. The summed E-state index contributed by atoms with van der Waals surface area (Å²) in [6, 6.07) is 19.1. The maximum atomic E-state index is 12.7. The fraction of sp³-hybridized carbons (Fsp3) is 0.333. The molecule has 1 aliphatic rings. The molecule has 1 fully saturated rings. The molecule has 0 aliphatic carbocycles. The lowest BCUT2D eigenvalue weighted by Crippen LogP contribution is -2.49. The molecule has 1 N–H and O–H groups in total. The van der Waals surface area contributed by atoms with E-state index in [2.05, 4.69) is 11.0 Å². The summed E-state index contributed by atoms with van der Waals surface area (Å²) >= 11 is 0. The standard InChI is InChI=1S/C21H23N3O2/c22-10-9-17-5-4-8-19(15-17)21(26)24-13-11-23(12-14-24)16-20(25)18-6-2-1-3-7-18/h1-8,15,20,25H,9,11-14,16H2/t20-/m1/s1. The highest BCUT2D eigenvalue weighted by atomic mass is 16.3. The molecular formula is C21H23N3O2. The van der Waals surface area contributed by atoms with E-state index in [-0.39, 0.29) is 5.91 Å². The van der Waals surface area contributed by atoms with Crippen molar-refractivity contribution in [2.45, 2.75) is 12.5 Å². The van der Waals surface area contributed by atoms with E-state index in [1.165, 1.54) is 0 Å². The molecule has 1 heterocycles. The second-order valence-corrected chi connectivity index (χ2v) is 6.55. The van der Waals surface area contributed by atoms with Crippen LogP contribution in [0.4, 0.5) is 0 Å². The van der Waals surface area contributed by atoms with Gasteiger partial charge in [-0.1, -0.05) is 42.5 Å². The van der Waals surface area contributed by atoms with Gasteiger partial charge in [0, 0.05) is 38.3 Å². The molecule has 1 aliphatic heterocycles. The minimum atomic E-state index is -0.513. The molecule has 0 unspecified atom stereocenters. The van der Waals surface area contributed by atoms with Gasteiger partial charge in [0.05, 0.1) is 18.6 Å². The largest absolute Gasteiger partial charge is 0.387 e. The van der Waals surface area contributed by atoms with Gasteiger partial charge in [0.15, 0.2) is 0 Å². The van der Waals surface area contributed by atoms with Gasteiger partial charge in [-0.15, -0.1) is 0 Å². The molecule has 0 aromatic heterocycles. The third kappa shape index (κ3) is 4.48. The van der Waals surface area contributed by atoms with Crippen molar-refractivity contribution < 1.29 is 9.90 Å². The van der Waals surface area contributed by atoms with Crippen LogP contribution in [-0.2, 0) is 6.42 Å². The Balaban J connectivity index is 1.54. The van der Waals surface area contributed by atoms with Gasteiger partial charge in [-0.3, -0.25) is 9.69 Å². The first-order valence-electron chi connectivity index (χ1n) is 8.88. The van der Waals surface area contributed by atoms with Crippen LogP contribution in [0.3, 0.4) is 0 Å². The summed E-state index contributed by atoms with van der Waals surface area (Å²) < 4.78 is 0. The Labute approximate surface area is 154 Å². The number of carbonyl (C=O) groups is 1. The number of amides is 1. The highest BCUT2D eigenvalue weighted by Gasteiger charge is 2.23. The highest BCUT2D eigenvalue weighted by Crippen LogP contribution is 2.16. The van der Waals surface area contributed by atoms with Crippen molar-refractivity contribution in [3.05, 3.63) is 71.3 Å². The molecule has 1 atom stereocenters. The number of benzene rings is 2. The van der Waals surface area contributed by atoms with Gasteiger partial charge < -0.3 is 10.0 Å². The van der Waals surface area contributed by atoms with E-state index in [4.69, 9.17) is 5.26 Å². The SMILES string of the molecule is N#CCc1cccc(C(=O)N2CCN(C[C@@H](O)c3ccccc3)CC2)c1. The van der Waals surface area contributed by atoms with E-state index in [1.807, 2.05) is 47.4 Å². The van der Waals surface area contributed by atoms with Crippen LogP contribution in [0.15, 0.2) is 54.6 Å². The molecule has 1 amide bonds. The fourth-order valence-corrected chi connectivity index (χ4v) is 3.25. The molecule has 0 saturated carbocycles. The number of carbonyl (C=O) groups excluding carboxylic acids is 1. The van der Waals surface area contributed by atoms with Gasteiger partial charge in [-0.2, -0.15) is 5.26 Å². The van der Waals surface area contributed by atoms with E-state index in [9.17, 15) is 9.90 Å². The Morgan fingerprint density at radius 2 is 1.81 bits per heavy atom. The van der Waals surface area contributed by atoms with Crippen molar-refractivity contribution in [1.82, 2.24) is 9.80 Å². The molecule has 0 spiro atoms. The number of piperazine rings is 1. The predicted molar refractivity (Wildman–Crippen MR) is 99.5 cm³/mol. The number of hydrogen-bond donors (Lipinski definition) is 1. The highest BCUT2D eigenvalue weighted by molar-refractivity contribution is 5.94. The minimum Gasteiger partial charge on any atom is -0.387 e. The molecular weight excluding hydrogens is 326 g/mol. The van der Waals surface area contributed by atoms with Crippen LogP contribution in [0.1, 0.15) is 27.6 Å². The van der Waals surface area contributed by atoms with Crippen LogP contribution in [-0.4, -0.2) is 53.5 Å². The number of nitriles is 1. The number of aliphatic hydroxyl groups excluding tert-OH is 1. The third-order valence-electron chi connectivity index (χ3n) is 4.73. The van der Waals surface area contributed by atoms with Gasteiger partial charge >= 0.3 is 0 Å². The van der Waals surface area contributed by atoms with E-state index < -0.39 is 6.10 Å². The molecule has 3 rings (SSSR count). The van der Waals surface area contributed by atoms with Gasteiger partial charge in [0.25, 0.3) is 5.91 Å². The third-order valence-corrected chi connectivity index (χ3v) is 4.73. The monoisotopic (exact) mass is 349 g/mol. The zero-order chi connectivity index (χ0) is 18.4. The number of rotatable bonds is 5. The zero-order valence-corrected chi connectivity index (χ0v) is 14.7. The Morgan fingerprint density at radius 1 is 1.08 bits per heavy atom. The number of nitrogens with zero attached hydrogens (tertiary/aromatic N) is 3. The minimum absolute atomic E-state index is 0.00745. The normalized spacial score (nSPS) is 16.1. The molecule has 1 saturated heterocycles. The van der Waals surface area contributed by atoms with Crippen LogP contribution >= 0.6 is 0 Å². The van der Waals surface area contributed by atoms with Gasteiger partial charge in [0.1, 0.15) is 0 Å². The van der Waals surface area contributed by atoms with Crippen molar-refractivity contribution in [3.8, 4) is 6.07 Å². The topological polar surface area (TPSA) is 67.6 Å². The summed E-state index contributed by atoms with van der Waals surface area (Å²) in [4.78, 5) is 16.7. The average molecular weight is 349 g/mol. The number of β-amino-alcohol motifs (C(OH)–C–C–N with tert-alkyl or cyclic N) is 1. The van der Waals surface area contributed by atoms with Crippen molar-refractivity contribution in [2.24, 2.45) is 0 Å². The quantitative estimate of drug-likeness (QED) is 0.899. The van der Waals surface area contributed by atoms with Crippen LogP contribution < -0.4 is 0 Å². The number of hydrogen-bond acceptors (Lipinski definition) is 4. The molecule has 134 valence electrons. The van der Waals surface area contributed by atoms with Crippen molar-refractivity contribution >= 4 is 5.91 Å². The summed E-state index contributed by atoms with van der Waals surface area (Å²) in [5, 5.41) is 19.2. The Kier molecular flexibility index (Phi) is 6.00. The van der Waals surface area contributed by atoms with E-state index in [0.717, 1.165) is 24.2 Å². The van der Waals surface area contributed by atoms with Crippen molar-refractivity contribution in [2.75, 3.05) is 32.7 Å². The smallest absolute Gasteiger partial charge is 0.253 e. The predicted octanol–water partition coefficient (Wildman–Crippen LogP) is 2.24. The molecule has 0 radical (unpaired) electrons. The lowest BCUT2D eigenvalue weighted by Gasteiger charge is -2.35. The Morgan fingerprint density at radius 3 is 2.50 bits per heavy atom. The lowest BCUT2D eigenvalue weighted by atomic mass is 10.1. The van der Waals surface area contributed by atoms with Crippen molar-refractivity contribution in [1.29, 1.82) is 5.26 Å². The van der Waals surface area contributed by atoms with Gasteiger partial charge in [0.2, 0.25) is 0 Å². The van der Waals surface area contributed by atoms with Crippen molar-refractivity contribution in [3.63, 3.8) is 0 Å². The molecule has 0 bridgehead atoms. The van der Waals surface area contributed by atoms with E-state index in [1.54, 1.807) is 12.1 Å². The van der Waals surface area contributed by atoms with E-state index >= 15 is 0 Å². The van der Waals surface area contributed by atoms with Crippen LogP contribution in [0.5, 0.6) is 0 Å². The fourth-order valence-electron chi connectivity index (χ4n) is 3.25. The Hall–Kier alpha value is -2.68. The first-order chi connectivity index (χ1) is 12.7. The molecule has 2 aromatic carbocycles. The van der Waals surface area contributed by atoms with Gasteiger partial charge in [-0.05, 0) is 23.3 Å². The molecule has 2 aromatic rings. The van der Waals surface area contributed by atoms with E-state index in [0.29, 0.717) is 31.6 Å². The maximum Gasteiger partial charge on any atom is 0.253 e. The summed E-state index contributed by atoms with van der Waals surface area (Å²) in [6.45, 7) is 3.34. The first kappa shape index (κ1) is 18.1. The molecule has 5 heteroatoms. The zero-order valence-electron chi connectivity index (χ0n) is 14.7. The molecule has 26 heavy (non-hydrogen) atoms. The summed E-state index contributed by atoms with van der Waals surface area (Å²) in [5.41, 5.74) is 2.42. The summed E-state index contributed by atoms with van der Waals surface area (Å²) in [5.74, 6) is 0.00745.